The van der Waals surface area contributed by atoms with Gasteiger partial charge in [-0.15, -0.1) is 0 Å². The Morgan fingerprint density at radius 1 is 1.27 bits per heavy atom. The van der Waals surface area contributed by atoms with Gasteiger partial charge in [0.2, 0.25) is 5.91 Å². The summed E-state index contributed by atoms with van der Waals surface area (Å²) in [5.41, 5.74) is 0. The molecule has 0 aromatic heterocycles. The van der Waals surface area contributed by atoms with Crippen LogP contribution in [0.15, 0.2) is 0 Å². The Hall–Kier alpha value is -1.51. The molecule has 2 unspecified atom stereocenters. The van der Waals surface area contributed by atoms with Gasteiger partial charge >= 0.3 is 12.3 Å². The van der Waals surface area contributed by atoms with E-state index in [0.29, 0.717) is 26.0 Å². The Balaban J connectivity index is 1.80. The van der Waals surface area contributed by atoms with Gasteiger partial charge in [-0.05, 0) is 25.7 Å². The lowest BCUT2D eigenvalue weighted by atomic mass is 10.2. The maximum absolute atomic E-state index is 12.1. The van der Waals surface area contributed by atoms with Gasteiger partial charge in [0.1, 0.15) is 6.04 Å². The van der Waals surface area contributed by atoms with E-state index < -0.39 is 24.9 Å². The molecule has 2 heterocycles. The summed E-state index contributed by atoms with van der Waals surface area (Å²) in [6.45, 7) is -0.415. The van der Waals surface area contributed by atoms with Crippen LogP contribution in [-0.2, 0) is 14.3 Å². The second kappa shape index (κ2) is 7.17. The Kier molecular flexibility index (Phi) is 5.49. The molecular weight excluding hydrogens is 305 g/mol. The zero-order valence-electron chi connectivity index (χ0n) is 12.0. The highest BCUT2D eigenvalue weighted by Crippen LogP contribution is 2.21. The quantitative estimate of drug-likeness (QED) is 0.850. The van der Waals surface area contributed by atoms with Crippen molar-refractivity contribution in [1.82, 2.24) is 10.2 Å². The Bertz CT molecular complexity index is 411. The van der Waals surface area contributed by atoms with Crippen LogP contribution in [0.4, 0.5) is 18.0 Å². The van der Waals surface area contributed by atoms with Crippen molar-refractivity contribution in [2.24, 2.45) is 0 Å². The predicted molar refractivity (Wildman–Crippen MR) is 69.1 cm³/mol. The third-order valence-corrected chi connectivity index (χ3v) is 3.68. The fourth-order valence-corrected chi connectivity index (χ4v) is 2.62. The molecule has 0 aliphatic carbocycles. The van der Waals surface area contributed by atoms with Crippen molar-refractivity contribution in [3.63, 3.8) is 0 Å². The molecule has 0 saturated carbocycles. The smallest absolute Gasteiger partial charge is 0.422 e. The van der Waals surface area contributed by atoms with Crippen LogP contribution >= 0.6 is 0 Å². The van der Waals surface area contributed by atoms with Gasteiger partial charge in [0.25, 0.3) is 0 Å². The molecule has 22 heavy (non-hydrogen) atoms. The maximum atomic E-state index is 12.1. The standard InChI is InChI=1S/C13H19F3N2O4/c14-13(15,16)8-22-12(20)18-5-1-4-10(18)11(19)17-7-9-3-2-6-21-9/h9-10H,1-8H2,(H,17,19). The van der Waals surface area contributed by atoms with Gasteiger partial charge in [-0.3, -0.25) is 9.69 Å². The second-order valence-electron chi connectivity index (χ2n) is 5.40. The van der Waals surface area contributed by atoms with E-state index in [2.05, 4.69) is 10.1 Å². The number of ether oxygens (including phenoxy) is 2. The van der Waals surface area contributed by atoms with Crippen LogP contribution in [0.3, 0.4) is 0 Å². The molecule has 1 N–H and O–H groups in total. The molecule has 2 amide bonds. The zero-order chi connectivity index (χ0) is 16.2. The summed E-state index contributed by atoms with van der Waals surface area (Å²) < 4.78 is 45.8. The molecule has 2 aliphatic heterocycles. The van der Waals surface area contributed by atoms with E-state index in [1.54, 1.807) is 0 Å². The summed E-state index contributed by atoms with van der Waals surface area (Å²) in [7, 11) is 0. The lowest BCUT2D eigenvalue weighted by molar-refractivity contribution is -0.162. The largest absolute Gasteiger partial charge is 0.440 e. The molecule has 126 valence electrons. The number of hydrogen-bond acceptors (Lipinski definition) is 4. The summed E-state index contributed by atoms with van der Waals surface area (Å²) in [5.74, 6) is -0.378. The van der Waals surface area contributed by atoms with E-state index in [1.165, 1.54) is 0 Å². The van der Waals surface area contributed by atoms with Crippen LogP contribution in [-0.4, -0.2) is 61.5 Å². The van der Waals surface area contributed by atoms with Crippen molar-refractivity contribution < 1.29 is 32.2 Å². The molecule has 0 spiro atoms. The number of nitrogens with zero attached hydrogens (tertiary/aromatic N) is 1. The normalized spacial score (nSPS) is 25.3. The lowest BCUT2D eigenvalue weighted by Crippen LogP contribution is -2.48. The number of amides is 2. The molecule has 0 radical (unpaired) electrons. The first kappa shape index (κ1) is 16.9. The number of nitrogens with one attached hydrogen (secondary N) is 1. The van der Waals surface area contributed by atoms with E-state index in [1.807, 2.05) is 0 Å². The zero-order valence-corrected chi connectivity index (χ0v) is 12.0. The first-order valence-electron chi connectivity index (χ1n) is 7.26. The van der Waals surface area contributed by atoms with Crippen LogP contribution in [0, 0.1) is 0 Å². The second-order valence-corrected chi connectivity index (χ2v) is 5.40. The van der Waals surface area contributed by atoms with E-state index in [4.69, 9.17) is 4.74 Å². The monoisotopic (exact) mass is 324 g/mol. The highest BCUT2D eigenvalue weighted by atomic mass is 19.4. The minimum absolute atomic E-state index is 0.0315. The summed E-state index contributed by atoms with van der Waals surface area (Å²) in [6.07, 6.45) is -2.93. The SMILES string of the molecule is O=C(NCC1CCCO1)C1CCCN1C(=O)OCC(F)(F)F. The Labute approximate surface area is 125 Å². The molecule has 6 nitrogen and oxygen atoms in total. The summed E-state index contributed by atoms with van der Waals surface area (Å²) in [6, 6.07) is -0.776. The first-order valence-corrected chi connectivity index (χ1v) is 7.26. The van der Waals surface area contributed by atoms with Gasteiger partial charge < -0.3 is 14.8 Å². The molecule has 0 aromatic rings. The van der Waals surface area contributed by atoms with Gasteiger partial charge in [-0.25, -0.2) is 4.79 Å². The van der Waals surface area contributed by atoms with Crippen LogP contribution in [0.1, 0.15) is 25.7 Å². The van der Waals surface area contributed by atoms with Crippen molar-refractivity contribution in [3.05, 3.63) is 0 Å². The molecule has 2 rings (SSSR count). The summed E-state index contributed by atoms with van der Waals surface area (Å²) in [4.78, 5) is 24.8. The number of halogens is 3. The molecule has 2 aliphatic rings. The Morgan fingerprint density at radius 2 is 2.05 bits per heavy atom. The van der Waals surface area contributed by atoms with Crippen LogP contribution in [0.2, 0.25) is 0 Å². The van der Waals surface area contributed by atoms with E-state index >= 15 is 0 Å². The van der Waals surface area contributed by atoms with Gasteiger partial charge in [0.05, 0.1) is 6.10 Å². The summed E-state index contributed by atoms with van der Waals surface area (Å²) >= 11 is 0. The lowest BCUT2D eigenvalue weighted by Gasteiger charge is -2.24. The van der Waals surface area contributed by atoms with Crippen LogP contribution < -0.4 is 5.32 Å². The average Bonchev–Trinajstić information content (AvgIpc) is 3.12. The summed E-state index contributed by atoms with van der Waals surface area (Å²) in [5, 5.41) is 2.69. The minimum Gasteiger partial charge on any atom is -0.440 e. The van der Waals surface area contributed by atoms with Crippen LogP contribution in [0.5, 0.6) is 0 Å². The highest BCUT2D eigenvalue weighted by molar-refractivity contribution is 5.86. The molecular formula is C13H19F3N2O4. The maximum Gasteiger partial charge on any atom is 0.422 e. The van der Waals surface area contributed by atoms with Gasteiger partial charge in [0.15, 0.2) is 6.61 Å². The highest BCUT2D eigenvalue weighted by Gasteiger charge is 2.37. The van der Waals surface area contributed by atoms with E-state index in [-0.39, 0.29) is 18.6 Å². The minimum atomic E-state index is -4.58. The Morgan fingerprint density at radius 3 is 2.68 bits per heavy atom. The number of alkyl halides is 3. The van der Waals surface area contributed by atoms with Gasteiger partial charge in [-0.2, -0.15) is 13.2 Å². The third kappa shape index (κ3) is 4.75. The van der Waals surface area contributed by atoms with Crippen LogP contribution in [0.25, 0.3) is 0 Å². The third-order valence-electron chi connectivity index (χ3n) is 3.68. The molecule has 0 aromatic carbocycles. The topological polar surface area (TPSA) is 67.9 Å². The predicted octanol–water partition coefficient (Wildman–Crippen LogP) is 1.44. The number of carbonyl (C=O) groups is 2. The fourth-order valence-electron chi connectivity index (χ4n) is 2.62. The van der Waals surface area contributed by atoms with Crippen molar-refractivity contribution in [3.8, 4) is 0 Å². The fraction of sp³-hybridized carbons (Fsp3) is 0.846. The van der Waals surface area contributed by atoms with Crippen molar-refractivity contribution in [1.29, 1.82) is 0 Å². The molecule has 2 fully saturated rings. The van der Waals surface area contributed by atoms with Crippen molar-refractivity contribution in [2.45, 2.75) is 44.0 Å². The number of likely N-dealkylation sites (tertiary alicyclic amines) is 1. The first-order chi connectivity index (χ1) is 10.4. The molecule has 2 saturated heterocycles. The number of hydrogen-bond donors (Lipinski definition) is 1. The van der Waals surface area contributed by atoms with Crippen molar-refractivity contribution in [2.75, 3.05) is 26.3 Å². The molecule has 0 bridgehead atoms. The molecule has 9 heteroatoms. The number of rotatable bonds is 4. The van der Waals surface area contributed by atoms with Crippen molar-refractivity contribution >= 4 is 12.0 Å². The molecule has 2 atom stereocenters. The van der Waals surface area contributed by atoms with E-state index in [9.17, 15) is 22.8 Å². The number of carbonyl (C=O) groups excluding carboxylic acids is 2. The van der Waals surface area contributed by atoms with Gasteiger partial charge in [-0.1, -0.05) is 0 Å². The average molecular weight is 324 g/mol. The van der Waals surface area contributed by atoms with Gasteiger partial charge in [0, 0.05) is 19.7 Å². The van der Waals surface area contributed by atoms with E-state index in [0.717, 1.165) is 17.7 Å².